The Morgan fingerprint density at radius 1 is 0.968 bits per heavy atom. The van der Waals surface area contributed by atoms with Crippen molar-refractivity contribution in [1.29, 1.82) is 0 Å². The zero-order valence-corrected chi connectivity index (χ0v) is 16.5. The van der Waals surface area contributed by atoms with Crippen LogP contribution in [0.5, 0.6) is 5.75 Å². The maximum absolute atomic E-state index is 14.2. The van der Waals surface area contributed by atoms with E-state index in [9.17, 15) is 8.78 Å². The zero-order chi connectivity index (χ0) is 21.4. The fourth-order valence-electron chi connectivity index (χ4n) is 3.49. The monoisotopic (exact) mass is 421 g/mol. The Morgan fingerprint density at radius 3 is 2.39 bits per heavy atom. The third-order valence-electron chi connectivity index (χ3n) is 5.11. The predicted molar refractivity (Wildman–Crippen MR) is 105 cm³/mol. The molecule has 0 radical (unpaired) electrons. The van der Waals surface area contributed by atoms with E-state index in [0.29, 0.717) is 23.0 Å². The van der Waals surface area contributed by atoms with E-state index < -0.39 is 11.6 Å². The van der Waals surface area contributed by atoms with Crippen molar-refractivity contribution in [3.63, 3.8) is 0 Å². The van der Waals surface area contributed by atoms with Gasteiger partial charge in [-0.2, -0.15) is 9.49 Å². The molecular weight excluding hydrogens is 404 g/mol. The van der Waals surface area contributed by atoms with Crippen LogP contribution in [0.2, 0.25) is 0 Å². The highest BCUT2D eigenvalue weighted by molar-refractivity contribution is 5.44. The highest BCUT2D eigenvalue weighted by Crippen LogP contribution is 2.55. The summed E-state index contributed by atoms with van der Waals surface area (Å²) in [5.74, 6) is -0.682. The average Bonchev–Trinajstić information content (AvgIpc) is 3.49. The molecule has 5 rings (SSSR count). The molecule has 0 spiro atoms. The van der Waals surface area contributed by atoms with Crippen LogP contribution in [0.3, 0.4) is 0 Å². The minimum atomic E-state index is -1.02. The number of nitrogens with zero attached hydrogens (tertiary/aromatic N) is 7. The Morgan fingerprint density at radius 2 is 1.68 bits per heavy atom. The molecule has 1 fully saturated rings. The molecule has 1 aromatic carbocycles. The third kappa shape index (κ3) is 3.96. The van der Waals surface area contributed by atoms with Gasteiger partial charge in [-0.15, -0.1) is 0 Å². The van der Waals surface area contributed by atoms with Gasteiger partial charge in [0.1, 0.15) is 12.9 Å². The van der Waals surface area contributed by atoms with Crippen molar-refractivity contribution >= 4 is 0 Å². The molecule has 1 aliphatic carbocycles. The lowest BCUT2D eigenvalue weighted by atomic mass is 10.1. The van der Waals surface area contributed by atoms with E-state index in [0.717, 1.165) is 12.0 Å². The zero-order valence-electron chi connectivity index (χ0n) is 16.5. The fourth-order valence-corrected chi connectivity index (χ4v) is 3.49. The summed E-state index contributed by atoms with van der Waals surface area (Å²) in [7, 11) is 1.72. The van der Waals surface area contributed by atoms with E-state index in [2.05, 4.69) is 30.0 Å². The van der Waals surface area contributed by atoms with Crippen LogP contribution < -0.4 is 4.74 Å². The Kier molecular flexibility index (Phi) is 4.81. The number of benzene rings is 1. The first-order valence-electron chi connectivity index (χ1n) is 9.64. The summed E-state index contributed by atoms with van der Waals surface area (Å²) in [6.07, 6.45) is 9.02. The molecule has 0 amide bonds. The van der Waals surface area contributed by atoms with Crippen molar-refractivity contribution in [3.8, 4) is 17.4 Å². The first kappa shape index (κ1) is 19.2. The average molecular weight is 421 g/mol. The number of halogens is 2. The van der Waals surface area contributed by atoms with Gasteiger partial charge < -0.3 is 4.74 Å². The standard InChI is InChI=1S/C21H17F2N7O/c1-30-11-28-18(29-30)10-31-17-6-12(5-16(22)19(17)23)14-7-15(14)13-8-26-21(27-9-13)20-24-3-2-4-25-20/h2-6,8-9,11,14-15H,7,10H2,1H3. The summed E-state index contributed by atoms with van der Waals surface area (Å²) < 4.78 is 35.4. The van der Waals surface area contributed by atoms with E-state index in [1.165, 1.54) is 17.1 Å². The Bertz CT molecular complexity index is 1210. The Hall–Kier alpha value is -3.82. The SMILES string of the molecule is Cn1cnc(COc2cc(C3CC3c3cnc(-c4ncccn4)nc3)cc(F)c2F)n1. The lowest BCUT2D eigenvalue weighted by molar-refractivity contribution is 0.275. The molecule has 8 nitrogen and oxygen atoms in total. The molecule has 10 heteroatoms. The van der Waals surface area contributed by atoms with Gasteiger partial charge in [-0.1, -0.05) is 0 Å². The van der Waals surface area contributed by atoms with Crippen LogP contribution in [0.4, 0.5) is 8.78 Å². The normalized spacial score (nSPS) is 17.5. The van der Waals surface area contributed by atoms with Gasteiger partial charge in [0, 0.05) is 31.8 Å². The van der Waals surface area contributed by atoms with Crippen LogP contribution in [-0.4, -0.2) is 34.7 Å². The molecule has 1 aliphatic rings. The summed E-state index contributed by atoms with van der Waals surface area (Å²) in [4.78, 5) is 21.0. The van der Waals surface area contributed by atoms with Crippen molar-refractivity contribution in [2.24, 2.45) is 7.05 Å². The molecule has 0 aliphatic heterocycles. The molecule has 1 saturated carbocycles. The van der Waals surface area contributed by atoms with Crippen molar-refractivity contribution in [2.45, 2.75) is 24.9 Å². The second kappa shape index (κ2) is 7.78. The summed E-state index contributed by atoms with van der Waals surface area (Å²) in [5.41, 5.74) is 1.60. The van der Waals surface area contributed by atoms with Crippen molar-refractivity contribution in [2.75, 3.05) is 0 Å². The minimum Gasteiger partial charge on any atom is -0.482 e. The van der Waals surface area contributed by atoms with Crippen LogP contribution in [0.25, 0.3) is 11.6 Å². The van der Waals surface area contributed by atoms with Gasteiger partial charge in [0.25, 0.3) is 0 Å². The van der Waals surface area contributed by atoms with E-state index in [4.69, 9.17) is 4.74 Å². The van der Waals surface area contributed by atoms with Crippen molar-refractivity contribution < 1.29 is 13.5 Å². The molecule has 4 aromatic rings. The van der Waals surface area contributed by atoms with Gasteiger partial charge in [-0.25, -0.2) is 29.3 Å². The predicted octanol–water partition coefficient (Wildman–Crippen LogP) is 3.19. The minimum absolute atomic E-state index is 0.0350. The van der Waals surface area contributed by atoms with Crippen molar-refractivity contribution in [1.82, 2.24) is 34.7 Å². The third-order valence-corrected chi connectivity index (χ3v) is 5.11. The summed E-state index contributed by atoms with van der Waals surface area (Å²) >= 11 is 0. The lowest BCUT2D eigenvalue weighted by Gasteiger charge is -2.09. The largest absolute Gasteiger partial charge is 0.482 e. The second-order valence-corrected chi connectivity index (χ2v) is 7.30. The van der Waals surface area contributed by atoms with Gasteiger partial charge in [0.15, 0.2) is 29.0 Å². The number of hydrogen-bond acceptors (Lipinski definition) is 7. The Labute approximate surface area is 176 Å². The number of ether oxygens (including phenoxy) is 1. The fraction of sp³-hybridized carbons (Fsp3) is 0.238. The molecular formula is C21H17F2N7O. The Balaban J connectivity index is 1.31. The highest BCUT2D eigenvalue weighted by atomic mass is 19.2. The molecule has 0 bridgehead atoms. The van der Waals surface area contributed by atoms with Gasteiger partial charge in [0.2, 0.25) is 5.82 Å². The number of hydrogen-bond donors (Lipinski definition) is 0. The van der Waals surface area contributed by atoms with Crippen LogP contribution in [0.1, 0.15) is 35.2 Å². The molecule has 0 N–H and O–H groups in total. The van der Waals surface area contributed by atoms with E-state index in [1.54, 1.807) is 44.0 Å². The maximum Gasteiger partial charge on any atom is 0.200 e. The number of rotatable bonds is 6. The molecule has 3 heterocycles. The van der Waals surface area contributed by atoms with E-state index >= 15 is 0 Å². The number of aryl methyl sites for hydroxylation is 1. The first-order chi connectivity index (χ1) is 15.1. The molecule has 156 valence electrons. The summed E-state index contributed by atoms with van der Waals surface area (Å²) in [6, 6.07) is 4.48. The summed E-state index contributed by atoms with van der Waals surface area (Å²) in [5, 5.41) is 4.07. The molecule has 2 atom stereocenters. The molecule has 0 saturated heterocycles. The highest BCUT2D eigenvalue weighted by Gasteiger charge is 2.41. The lowest BCUT2D eigenvalue weighted by Crippen LogP contribution is -2.03. The van der Waals surface area contributed by atoms with E-state index in [-0.39, 0.29) is 24.2 Å². The van der Waals surface area contributed by atoms with Crippen LogP contribution in [-0.2, 0) is 13.7 Å². The first-order valence-corrected chi connectivity index (χ1v) is 9.64. The molecule has 31 heavy (non-hydrogen) atoms. The van der Waals surface area contributed by atoms with Crippen molar-refractivity contribution in [3.05, 3.63) is 77.9 Å². The van der Waals surface area contributed by atoms with Crippen LogP contribution >= 0.6 is 0 Å². The van der Waals surface area contributed by atoms with Crippen LogP contribution in [0, 0.1) is 11.6 Å². The van der Waals surface area contributed by atoms with Gasteiger partial charge >= 0.3 is 0 Å². The van der Waals surface area contributed by atoms with Gasteiger partial charge in [-0.05, 0) is 47.6 Å². The van der Waals surface area contributed by atoms with E-state index in [1.807, 2.05) is 0 Å². The maximum atomic E-state index is 14.2. The smallest absolute Gasteiger partial charge is 0.200 e. The second-order valence-electron chi connectivity index (χ2n) is 7.30. The molecule has 3 aromatic heterocycles. The molecule has 2 unspecified atom stereocenters. The topological polar surface area (TPSA) is 91.5 Å². The van der Waals surface area contributed by atoms with Crippen LogP contribution in [0.15, 0.2) is 49.3 Å². The van der Waals surface area contributed by atoms with Gasteiger partial charge in [-0.3, -0.25) is 4.68 Å². The quantitative estimate of drug-likeness (QED) is 0.472. The number of aromatic nitrogens is 7. The summed E-state index contributed by atoms with van der Waals surface area (Å²) in [6.45, 7) is -0.0500. The van der Waals surface area contributed by atoms with Gasteiger partial charge in [0.05, 0.1) is 0 Å².